The van der Waals surface area contributed by atoms with Gasteiger partial charge in [0.2, 0.25) is 15.9 Å². The van der Waals surface area contributed by atoms with E-state index in [0.29, 0.717) is 16.8 Å². The topological polar surface area (TPSA) is 99.1 Å². The van der Waals surface area contributed by atoms with E-state index in [2.05, 4.69) is 16.1 Å². The lowest BCUT2D eigenvalue weighted by Crippen LogP contribution is -2.40. The van der Waals surface area contributed by atoms with Crippen LogP contribution in [0, 0.1) is 17.2 Å². The summed E-state index contributed by atoms with van der Waals surface area (Å²) < 4.78 is 28.7. The van der Waals surface area contributed by atoms with Crippen LogP contribution in [0.3, 0.4) is 0 Å². The summed E-state index contributed by atoms with van der Waals surface area (Å²) in [5.41, 5.74) is 3.46. The average molecular weight is 502 g/mol. The molecule has 1 amide bonds. The summed E-state index contributed by atoms with van der Waals surface area (Å²) in [4.78, 5) is 13.0. The second kappa shape index (κ2) is 10.9. The SMILES string of the molecule is CC(C)/C(=C\C(=O)Nc1ccc(-c2ccccc2S(=O)(=O)NC(C)(C)C)cc1)c1cccc(C#N)c1. The zero-order chi connectivity index (χ0) is 26.5. The average Bonchev–Trinajstić information content (AvgIpc) is 2.81. The lowest BCUT2D eigenvalue weighted by Gasteiger charge is -2.21. The zero-order valence-electron chi connectivity index (χ0n) is 21.2. The zero-order valence-corrected chi connectivity index (χ0v) is 22.0. The van der Waals surface area contributed by atoms with E-state index in [-0.39, 0.29) is 16.7 Å². The number of benzene rings is 3. The molecule has 6 nitrogen and oxygen atoms in total. The third-order valence-electron chi connectivity index (χ3n) is 5.31. The van der Waals surface area contributed by atoms with Crippen LogP contribution in [0.1, 0.15) is 45.7 Å². The first-order chi connectivity index (χ1) is 16.9. The molecule has 0 aliphatic rings. The molecule has 0 atom stereocenters. The molecule has 0 aromatic heterocycles. The van der Waals surface area contributed by atoms with Gasteiger partial charge in [-0.15, -0.1) is 0 Å². The molecule has 3 rings (SSSR count). The Morgan fingerprint density at radius 3 is 2.25 bits per heavy atom. The number of nitrogens with one attached hydrogen (secondary N) is 2. The number of hydrogen-bond donors (Lipinski definition) is 2. The van der Waals surface area contributed by atoms with Crippen LogP contribution in [-0.4, -0.2) is 19.9 Å². The van der Waals surface area contributed by atoms with Crippen molar-refractivity contribution in [1.82, 2.24) is 4.72 Å². The minimum absolute atomic E-state index is 0.0761. The second-order valence-corrected chi connectivity index (χ2v) is 11.5. The molecule has 0 saturated carbocycles. The normalized spacial score (nSPS) is 12.3. The van der Waals surface area contributed by atoms with E-state index in [0.717, 1.165) is 16.7 Å². The Bertz CT molecular complexity index is 1430. The number of carbonyl (C=O) groups excluding carboxylic acids is 1. The minimum atomic E-state index is -3.73. The molecule has 0 aliphatic carbocycles. The Hall–Kier alpha value is -3.73. The van der Waals surface area contributed by atoms with E-state index in [4.69, 9.17) is 0 Å². The fourth-order valence-corrected chi connectivity index (χ4v) is 5.45. The predicted octanol–water partition coefficient (Wildman–Crippen LogP) is 5.98. The lowest BCUT2D eigenvalue weighted by molar-refractivity contribution is -0.111. The van der Waals surface area contributed by atoms with Crippen molar-refractivity contribution >= 4 is 27.2 Å². The standard InChI is InChI=1S/C29H31N3O3S/c1-20(2)26(23-10-8-9-21(17-23)19-30)18-28(33)31-24-15-13-22(14-16-24)25-11-6-7-12-27(25)36(34,35)32-29(3,4)5/h6-18,20,32H,1-5H3,(H,31,33)/b26-18+. The summed E-state index contributed by atoms with van der Waals surface area (Å²) in [7, 11) is -3.73. The number of hydrogen-bond acceptors (Lipinski definition) is 4. The molecule has 0 fully saturated rings. The minimum Gasteiger partial charge on any atom is -0.323 e. The predicted molar refractivity (Wildman–Crippen MR) is 145 cm³/mol. The van der Waals surface area contributed by atoms with Crippen molar-refractivity contribution in [1.29, 1.82) is 5.26 Å². The molecular formula is C29H31N3O3S. The van der Waals surface area contributed by atoms with Gasteiger partial charge in [-0.25, -0.2) is 13.1 Å². The number of rotatable bonds is 7. The van der Waals surface area contributed by atoms with Crippen LogP contribution in [0.5, 0.6) is 0 Å². The van der Waals surface area contributed by atoms with E-state index in [1.165, 1.54) is 0 Å². The molecule has 7 heteroatoms. The molecule has 0 radical (unpaired) electrons. The molecule has 0 spiro atoms. The highest BCUT2D eigenvalue weighted by Gasteiger charge is 2.24. The third-order valence-corrected chi connectivity index (χ3v) is 7.13. The third kappa shape index (κ3) is 6.91. The van der Waals surface area contributed by atoms with Gasteiger partial charge in [0.15, 0.2) is 0 Å². The Morgan fingerprint density at radius 1 is 0.972 bits per heavy atom. The highest BCUT2D eigenvalue weighted by molar-refractivity contribution is 7.89. The van der Waals surface area contributed by atoms with E-state index in [1.807, 2.05) is 19.9 Å². The van der Waals surface area contributed by atoms with Crippen LogP contribution in [0.2, 0.25) is 0 Å². The van der Waals surface area contributed by atoms with E-state index >= 15 is 0 Å². The lowest BCUT2D eigenvalue weighted by atomic mass is 9.93. The summed E-state index contributed by atoms with van der Waals surface area (Å²) in [6.07, 6.45) is 1.55. The van der Waals surface area contributed by atoms with Crippen molar-refractivity contribution in [3.63, 3.8) is 0 Å². The largest absolute Gasteiger partial charge is 0.323 e. The van der Waals surface area contributed by atoms with Crippen molar-refractivity contribution < 1.29 is 13.2 Å². The molecule has 0 unspecified atom stereocenters. The van der Waals surface area contributed by atoms with Gasteiger partial charge in [0.05, 0.1) is 16.5 Å². The number of carbonyl (C=O) groups is 1. The van der Waals surface area contributed by atoms with Crippen molar-refractivity contribution in [3.05, 3.63) is 90.0 Å². The number of nitriles is 1. The molecule has 36 heavy (non-hydrogen) atoms. The molecule has 0 heterocycles. The number of allylic oxidation sites excluding steroid dienone is 1. The molecule has 186 valence electrons. The first-order valence-corrected chi connectivity index (χ1v) is 13.1. The van der Waals surface area contributed by atoms with Crippen LogP contribution in [0.15, 0.2) is 83.8 Å². The summed E-state index contributed by atoms with van der Waals surface area (Å²) >= 11 is 0. The Labute approximate surface area is 213 Å². The summed E-state index contributed by atoms with van der Waals surface area (Å²) in [5.74, 6) is -0.210. The van der Waals surface area contributed by atoms with Crippen LogP contribution < -0.4 is 10.0 Å². The van der Waals surface area contributed by atoms with Crippen LogP contribution in [0.4, 0.5) is 5.69 Å². The van der Waals surface area contributed by atoms with E-state index in [9.17, 15) is 18.5 Å². The first-order valence-electron chi connectivity index (χ1n) is 11.7. The number of sulfonamides is 1. The van der Waals surface area contributed by atoms with Gasteiger partial charge in [-0.3, -0.25) is 4.79 Å². The summed E-state index contributed by atoms with van der Waals surface area (Å²) in [5, 5.41) is 12.1. The number of nitrogens with zero attached hydrogens (tertiary/aromatic N) is 1. The van der Waals surface area contributed by atoms with Crippen molar-refractivity contribution in [2.75, 3.05) is 5.32 Å². The molecule has 0 saturated heterocycles. The highest BCUT2D eigenvalue weighted by atomic mass is 32.2. The molecule has 3 aromatic rings. The molecule has 0 aliphatic heterocycles. The van der Waals surface area contributed by atoms with Crippen LogP contribution in [-0.2, 0) is 14.8 Å². The van der Waals surface area contributed by atoms with Crippen molar-refractivity contribution in [2.24, 2.45) is 5.92 Å². The van der Waals surface area contributed by atoms with Gasteiger partial charge in [0.25, 0.3) is 0 Å². The molecule has 2 N–H and O–H groups in total. The van der Waals surface area contributed by atoms with Crippen LogP contribution in [0.25, 0.3) is 16.7 Å². The van der Waals surface area contributed by atoms with Gasteiger partial charge in [0, 0.05) is 22.9 Å². The maximum Gasteiger partial charge on any atom is 0.248 e. The Kier molecular flexibility index (Phi) is 8.13. The monoisotopic (exact) mass is 501 g/mol. The van der Waals surface area contributed by atoms with Gasteiger partial charge in [0.1, 0.15) is 0 Å². The molecular weight excluding hydrogens is 470 g/mol. The first kappa shape index (κ1) is 26.9. The van der Waals surface area contributed by atoms with Crippen LogP contribution >= 0.6 is 0 Å². The van der Waals surface area contributed by atoms with Gasteiger partial charge in [-0.1, -0.05) is 56.3 Å². The highest BCUT2D eigenvalue weighted by Crippen LogP contribution is 2.29. The van der Waals surface area contributed by atoms with E-state index < -0.39 is 15.6 Å². The number of amides is 1. The smallest absolute Gasteiger partial charge is 0.248 e. The van der Waals surface area contributed by atoms with Gasteiger partial charge >= 0.3 is 0 Å². The number of anilines is 1. The van der Waals surface area contributed by atoms with Gasteiger partial charge in [-0.2, -0.15) is 5.26 Å². The Balaban J connectivity index is 1.85. The quantitative estimate of drug-likeness (QED) is 0.389. The molecule has 3 aromatic carbocycles. The fourth-order valence-electron chi connectivity index (χ4n) is 3.80. The Morgan fingerprint density at radius 2 is 1.64 bits per heavy atom. The van der Waals surface area contributed by atoms with Crippen molar-refractivity contribution in [3.8, 4) is 17.2 Å². The summed E-state index contributed by atoms with van der Waals surface area (Å²) in [6, 6.07) is 23.2. The van der Waals surface area contributed by atoms with E-state index in [1.54, 1.807) is 93.6 Å². The maximum atomic E-state index is 13.0. The molecule has 0 bridgehead atoms. The van der Waals surface area contributed by atoms with Gasteiger partial charge in [-0.05, 0) is 73.7 Å². The second-order valence-electron chi connectivity index (χ2n) is 9.87. The maximum absolute atomic E-state index is 13.0. The fraction of sp³-hybridized carbons (Fsp3) is 0.241. The van der Waals surface area contributed by atoms with Crippen molar-refractivity contribution in [2.45, 2.75) is 45.1 Å². The van der Waals surface area contributed by atoms with Gasteiger partial charge < -0.3 is 5.32 Å². The summed E-state index contributed by atoms with van der Waals surface area (Å²) in [6.45, 7) is 9.37.